The third-order valence-electron chi connectivity index (χ3n) is 1.76. The molecule has 0 saturated heterocycles. The van der Waals surface area contributed by atoms with Gasteiger partial charge in [0.25, 0.3) is 0 Å². The number of alkyl halides is 3. The van der Waals surface area contributed by atoms with E-state index in [1.54, 1.807) is 0 Å². The van der Waals surface area contributed by atoms with Gasteiger partial charge >= 0.3 is 6.18 Å². The summed E-state index contributed by atoms with van der Waals surface area (Å²) in [4.78, 5) is 10.3. The van der Waals surface area contributed by atoms with Crippen LogP contribution in [-0.4, -0.2) is 13.4 Å². The summed E-state index contributed by atoms with van der Waals surface area (Å²) in [5.41, 5.74) is -2.21. The second kappa shape index (κ2) is 3.88. The lowest BCUT2D eigenvalue weighted by atomic mass is 10.1. The Bertz CT molecular complexity index is 384. The summed E-state index contributed by atoms with van der Waals surface area (Å²) < 4.78 is 54.7. The van der Waals surface area contributed by atoms with Crippen molar-refractivity contribution in [2.45, 2.75) is 6.18 Å². The molecule has 6 heteroatoms. The zero-order chi connectivity index (χ0) is 11.6. The van der Waals surface area contributed by atoms with Crippen molar-refractivity contribution >= 4 is 6.29 Å². The van der Waals surface area contributed by atoms with Crippen molar-refractivity contribution in [1.29, 1.82) is 0 Å². The summed E-state index contributed by atoms with van der Waals surface area (Å²) in [5.74, 6) is -2.26. The molecular formula is C9H6F4O2. The molecule has 0 unspecified atom stereocenters. The van der Waals surface area contributed by atoms with Crippen LogP contribution in [0.4, 0.5) is 17.6 Å². The number of rotatable bonds is 2. The van der Waals surface area contributed by atoms with Crippen LogP contribution in [-0.2, 0) is 6.18 Å². The number of carbonyl (C=O) groups is 1. The molecular weight excluding hydrogens is 216 g/mol. The second-order valence-corrected chi connectivity index (χ2v) is 2.66. The molecule has 1 aromatic rings. The van der Waals surface area contributed by atoms with Crippen LogP contribution < -0.4 is 4.74 Å². The van der Waals surface area contributed by atoms with E-state index in [-0.39, 0.29) is 6.29 Å². The Kier molecular flexibility index (Phi) is 2.97. The average molecular weight is 222 g/mol. The number of aldehydes is 1. The van der Waals surface area contributed by atoms with Crippen molar-refractivity contribution < 1.29 is 27.1 Å². The molecule has 1 rings (SSSR count). The normalized spacial score (nSPS) is 11.3. The molecule has 0 aliphatic carbocycles. The molecule has 0 aliphatic heterocycles. The maximum Gasteiger partial charge on any atom is 0.422 e. The van der Waals surface area contributed by atoms with E-state index < -0.39 is 28.9 Å². The lowest BCUT2D eigenvalue weighted by Crippen LogP contribution is -2.12. The molecule has 0 fully saturated rings. The van der Waals surface area contributed by atoms with Crippen LogP contribution >= 0.6 is 0 Å². The molecule has 0 aromatic heterocycles. The Morgan fingerprint density at radius 2 is 1.93 bits per heavy atom. The van der Waals surface area contributed by atoms with Gasteiger partial charge in [-0.15, -0.1) is 0 Å². The van der Waals surface area contributed by atoms with Crippen LogP contribution in [0, 0.1) is 5.82 Å². The number of halogens is 4. The highest BCUT2D eigenvalue weighted by Gasteiger charge is 2.38. The summed E-state index contributed by atoms with van der Waals surface area (Å²) in [7, 11) is 0.991. The maximum absolute atomic E-state index is 13.2. The fraction of sp³-hybridized carbons (Fsp3) is 0.222. The highest BCUT2D eigenvalue weighted by molar-refractivity contribution is 5.76. The first-order valence-corrected chi connectivity index (χ1v) is 3.80. The average Bonchev–Trinajstić information content (AvgIpc) is 2.15. The van der Waals surface area contributed by atoms with E-state index in [2.05, 4.69) is 4.74 Å². The molecule has 2 nitrogen and oxygen atoms in total. The number of benzene rings is 1. The van der Waals surface area contributed by atoms with Gasteiger partial charge in [0.15, 0.2) is 6.29 Å². The zero-order valence-corrected chi connectivity index (χ0v) is 7.56. The van der Waals surface area contributed by atoms with E-state index in [0.717, 1.165) is 19.2 Å². The Labute approximate surface area is 82.5 Å². The minimum atomic E-state index is -4.89. The summed E-state index contributed by atoms with van der Waals surface area (Å²) in [5, 5.41) is 0. The predicted molar refractivity (Wildman–Crippen MR) is 43.3 cm³/mol. The maximum atomic E-state index is 13.2. The topological polar surface area (TPSA) is 26.3 Å². The first kappa shape index (κ1) is 11.5. The molecule has 0 heterocycles. The lowest BCUT2D eigenvalue weighted by Gasteiger charge is -2.13. The van der Waals surface area contributed by atoms with Gasteiger partial charge in [0.1, 0.15) is 17.1 Å². The van der Waals surface area contributed by atoms with Crippen molar-refractivity contribution in [2.24, 2.45) is 0 Å². The Balaban J connectivity index is 3.50. The monoisotopic (exact) mass is 222 g/mol. The number of hydrogen-bond donors (Lipinski definition) is 0. The van der Waals surface area contributed by atoms with Gasteiger partial charge in [0, 0.05) is 0 Å². The van der Waals surface area contributed by atoms with Gasteiger partial charge in [-0.1, -0.05) is 0 Å². The molecule has 0 bridgehead atoms. The van der Waals surface area contributed by atoms with E-state index >= 15 is 0 Å². The van der Waals surface area contributed by atoms with Crippen LogP contribution in [0.1, 0.15) is 15.9 Å². The molecule has 0 saturated carbocycles. The first-order valence-electron chi connectivity index (χ1n) is 3.80. The highest BCUT2D eigenvalue weighted by atomic mass is 19.4. The molecule has 0 radical (unpaired) electrons. The number of ether oxygens (including phenoxy) is 1. The van der Waals surface area contributed by atoms with Crippen LogP contribution in [0.25, 0.3) is 0 Å². The summed E-state index contributed by atoms with van der Waals surface area (Å²) >= 11 is 0. The second-order valence-electron chi connectivity index (χ2n) is 2.66. The van der Waals surface area contributed by atoms with E-state index in [1.807, 2.05) is 0 Å². The molecule has 0 atom stereocenters. The zero-order valence-electron chi connectivity index (χ0n) is 7.56. The van der Waals surface area contributed by atoms with Crippen LogP contribution in [0.3, 0.4) is 0 Å². The number of carbonyl (C=O) groups excluding carboxylic acids is 1. The fourth-order valence-corrected chi connectivity index (χ4v) is 1.10. The van der Waals surface area contributed by atoms with Crippen LogP contribution in [0.2, 0.25) is 0 Å². The van der Waals surface area contributed by atoms with Gasteiger partial charge < -0.3 is 4.74 Å². The van der Waals surface area contributed by atoms with E-state index in [9.17, 15) is 22.4 Å². The Hall–Kier alpha value is -1.59. The predicted octanol–water partition coefficient (Wildman–Crippen LogP) is 2.67. The van der Waals surface area contributed by atoms with Gasteiger partial charge in [-0.05, 0) is 12.1 Å². The third-order valence-corrected chi connectivity index (χ3v) is 1.76. The molecule has 0 spiro atoms. The van der Waals surface area contributed by atoms with E-state index in [4.69, 9.17) is 0 Å². The van der Waals surface area contributed by atoms with E-state index in [1.165, 1.54) is 0 Å². The SMILES string of the molecule is COc1ccc(C=O)c(F)c1C(F)(F)F. The van der Waals surface area contributed by atoms with Crippen molar-refractivity contribution in [3.8, 4) is 5.75 Å². The van der Waals surface area contributed by atoms with Crippen LogP contribution in [0.5, 0.6) is 5.75 Å². The van der Waals surface area contributed by atoms with Crippen molar-refractivity contribution in [2.75, 3.05) is 7.11 Å². The lowest BCUT2D eigenvalue weighted by molar-refractivity contribution is -0.141. The van der Waals surface area contributed by atoms with Gasteiger partial charge in [-0.2, -0.15) is 13.2 Å². The Morgan fingerprint density at radius 3 is 2.33 bits per heavy atom. The van der Waals surface area contributed by atoms with Crippen molar-refractivity contribution in [3.63, 3.8) is 0 Å². The summed E-state index contributed by atoms with van der Waals surface area (Å²) in [6, 6.07) is 1.83. The molecule has 15 heavy (non-hydrogen) atoms. The molecule has 82 valence electrons. The van der Waals surface area contributed by atoms with Gasteiger partial charge in [0.05, 0.1) is 12.7 Å². The molecule has 1 aromatic carbocycles. The van der Waals surface area contributed by atoms with Gasteiger partial charge in [-0.25, -0.2) is 4.39 Å². The first-order chi connectivity index (χ1) is 6.91. The highest BCUT2D eigenvalue weighted by Crippen LogP contribution is 2.38. The quantitative estimate of drug-likeness (QED) is 0.568. The third kappa shape index (κ3) is 2.08. The molecule has 0 aliphatic rings. The van der Waals surface area contributed by atoms with Gasteiger partial charge in [-0.3, -0.25) is 4.79 Å². The fourth-order valence-electron chi connectivity index (χ4n) is 1.10. The summed E-state index contributed by atoms with van der Waals surface area (Å²) in [6.07, 6.45) is -4.88. The minimum Gasteiger partial charge on any atom is -0.496 e. The van der Waals surface area contributed by atoms with Crippen molar-refractivity contribution in [3.05, 3.63) is 29.1 Å². The standard InChI is InChI=1S/C9H6F4O2/c1-15-6-3-2-5(4-14)8(10)7(6)9(11,12)13/h2-4H,1H3. The Morgan fingerprint density at radius 1 is 1.33 bits per heavy atom. The largest absolute Gasteiger partial charge is 0.496 e. The minimum absolute atomic E-state index is 0.0179. The number of methoxy groups -OCH3 is 1. The van der Waals surface area contributed by atoms with Crippen molar-refractivity contribution in [1.82, 2.24) is 0 Å². The smallest absolute Gasteiger partial charge is 0.422 e. The molecule has 0 amide bonds. The molecule has 0 N–H and O–H groups in total. The summed E-state index contributed by atoms with van der Waals surface area (Å²) in [6.45, 7) is 0. The van der Waals surface area contributed by atoms with E-state index in [0.29, 0.717) is 0 Å². The van der Waals surface area contributed by atoms with Crippen LogP contribution in [0.15, 0.2) is 12.1 Å². The van der Waals surface area contributed by atoms with Gasteiger partial charge in [0.2, 0.25) is 0 Å². The number of hydrogen-bond acceptors (Lipinski definition) is 2.